The Kier molecular flexibility index (Phi) is 3.78. The second-order valence-electron chi connectivity index (χ2n) is 4.11. The van der Waals surface area contributed by atoms with Crippen LogP contribution in [0, 0.1) is 5.92 Å². The van der Waals surface area contributed by atoms with Crippen molar-refractivity contribution in [2.75, 3.05) is 11.2 Å². The van der Waals surface area contributed by atoms with Crippen LogP contribution in [0.1, 0.15) is 25.7 Å². The van der Waals surface area contributed by atoms with E-state index in [2.05, 4.69) is 15.3 Å². The van der Waals surface area contributed by atoms with Crippen LogP contribution in [0.15, 0.2) is 18.6 Å². The SMILES string of the molecule is ClCC1CCC(Nc2cnccn2)CC1. The quantitative estimate of drug-likeness (QED) is 0.804. The second-order valence-corrected chi connectivity index (χ2v) is 4.42. The molecule has 1 saturated carbocycles. The molecule has 0 amide bonds. The minimum atomic E-state index is 0.543. The molecule has 82 valence electrons. The molecule has 0 atom stereocenters. The van der Waals surface area contributed by atoms with Crippen LogP contribution in [-0.4, -0.2) is 21.9 Å². The highest BCUT2D eigenvalue weighted by molar-refractivity contribution is 6.18. The first-order valence-corrected chi connectivity index (χ1v) is 6.00. The van der Waals surface area contributed by atoms with Crippen molar-refractivity contribution in [2.45, 2.75) is 31.7 Å². The van der Waals surface area contributed by atoms with E-state index in [-0.39, 0.29) is 0 Å². The molecule has 1 aromatic rings. The standard InChI is InChI=1S/C11H16ClN3/c12-7-9-1-3-10(4-2-9)15-11-8-13-5-6-14-11/h5-6,8-10H,1-4,7H2,(H,14,15). The Bertz CT molecular complexity index is 283. The van der Waals surface area contributed by atoms with E-state index in [1.165, 1.54) is 25.7 Å². The lowest BCUT2D eigenvalue weighted by atomic mass is 9.87. The Hall–Kier alpha value is -0.830. The Labute approximate surface area is 95.3 Å². The number of rotatable bonds is 3. The lowest BCUT2D eigenvalue weighted by Gasteiger charge is -2.28. The fraction of sp³-hybridized carbons (Fsp3) is 0.636. The van der Waals surface area contributed by atoms with Gasteiger partial charge in [-0.05, 0) is 31.6 Å². The van der Waals surface area contributed by atoms with Crippen LogP contribution in [0.3, 0.4) is 0 Å². The van der Waals surface area contributed by atoms with Gasteiger partial charge in [0.15, 0.2) is 0 Å². The van der Waals surface area contributed by atoms with Gasteiger partial charge in [0.2, 0.25) is 0 Å². The van der Waals surface area contributed by atoms with Gasteiger partial charge in [0.1, 0.15) is 5.82 Å². The zero-order chi connectivity index (χ0) is 10.5. The smallest absolute Gasteiger partial charge is 0.144 e. The van der Waals surface area contributed by atoms with Crippen molar-refractivity contribution in [1.29, 1.82) is 0 Å². The number of hydrogen-bond donors (Lipinski definition) is 1. The molecule has 0 unspecified atom stereocenters. The summed E-state index contributed by atoms with van der Waals surface area (Å²) in [7, 11) is 0. The third-order valence-electron chi connectivity index (χ3n) is 2.98. The molecular formula is C11H16ClN3. The van der Waals surface area contributed by atoms with Crippen LogP contribution in [0.25, 0.3) is 0 Å². The molecule has 1 heterocycles. The third-order valence-corrected chi connectivity index (χ3v) is 3.42. The van der Waals surface area contributed by atoms with Crippen molar-refractivity contribution >= 4 is 17.4 Å². The Balaban J connectivity index is 1.82. The Morgan fingerprint density at radius 3 is 2.67 bits per heavy atom. The summed E-state index contributed by atoms with van der Waals surface area (Å²) in [5.74, 6) is 2.40. The van der Waals surface area contributed by atoms with E-state index in [1.54, 1.807) is 18.6 Å². The van der Waals surface area contributed by atoms with Gasteiger partial charge in [-0.2, -0.15) is 0 Å². The predicted molar refractivity (Wildman–Crippen MR) is 62.1 cm³/mol. The third kappa shape index (κ3) is 3.06. The number of nitrogens with one attached hydrogen (secondary N) is 1. The minimum absolute atomic E-state index is 0.543. The maximum atomic E-state index is 5.85. The lowest BCUT2D eigenvalue weighted by Crippen LogP contribution is -2.27. The Morgan fingerprint density at radius 1 is 1.27 bits per heavy atom. The maximum Gasteiger partial charge on any atom is 0.144 e. The number of aromatic nitrogens is 2. The van der Waals surface area contributed by atoms with E-state index >= 15 is 0 Å². The molecule has 0 saturated heterocycles. The van der Waals surface area contributed by atoms with Crippen molar-refractivity contribution < 1.29 is 0 Å². The number of halogens is 1. The predicted octanol–water partition coefficient (Wildman–Crippen LogP) is 2.69. The number of anilines is 1. The van der Waals surface area contributed by atoms with Gasteiger partial charge in [0.25, 0.3) is 0 Å². The van der Waals surface area contributed by atoms with Crippen molar-refractivity contribution in [2.24, 2.45) is 5.92 Å². The van der Waals surface area contributed by atoms with Crippen molar-refractivity contribution in [3.63, 3.8) is 0 Å². The van der Waals surface area contributed by atoms with E-state index in [9.17, 15) is 0 Å². The topological polar surface area (TPSA) is 37.8 Å². The van der Waals surface area contributed by atoms with E-state index in [0.717, 1.165) is 11.7 Å². The van der Waals surface area contributed by atoms with Crippen molar-refractivity contribution in [3.8, 4) is 0 Å². The highest BCUT2D eigenvalue weighted by Crippen LogP contribution is 2.26. The molecule has 4 heteroatoms. The van der Waals surface area contributed by atoms with Gasteiger partial charge in [-0.25, -0.2) is 4.98 Å². The first-order valence-electron chi connectivity index (χ1n) is 5.47. The monoisotopic (exact) mass is 225 g/mol. The van der Waals surface area contributed by atoms with Gasteiger partial charge in [-0.3, -0.25) is 4.98 Å². The van der Waals surface area contributed by atoms with Crippen LogP contribution in [0.2, 0.25) is 0 Å². The highest BCUT2D eigenvalue weighted by Gasteiger charge is 2.20. The summed E-state index contributed by atoms with van der Waals surface area (Å²) in [6.45, 7) is 0. The highest BCUT2D eigenvalue weighted by atomic mass is 35.5. The summed E-state index contributed by atoms with van der Waals surface area (Å²) in [6, 6.07) is 0.543. The molecule has 2 rings (SSSR count). The summed E-state index contributed by atoms with van der Waals surface area (Å²) < 4.78 is 0. The molecule has 15 heavy (non-hydrogen) atoms. The average molecular weight is 226 g/mol. The van der Waals surface area contributed by atoms with Crippen molar-refractivity contribution in [1.82, 2.24) is 9.97 Å². The molecule has 0 bridgehead atoms. The van der Waals surface area contributed by atoms with E-state index in [4.69, 9.17) is 11.6 Å². The number of hydrogen-bond acceptors (Lipinski definition) is 3. The van der Waals surface area contributed by atoms with Gasteiger partial charge < -0.3 is 5.32 Å². The molecular weight excluding hydrogens is 210 g/mol. The molecule has 1 aliphatic rings. The first kappa shape index (κ1) is 10.7. The molecule has 0 aromatic carbocycles. The Morgan fingerprint density at radius 2 is 2.07 bits per heavy atom. The van der Waals surface area contributed by atoms with Gasteiger partial charge in [0, 0.05) is 24.3 Å². The summed E-state index contributed by atoms with van der Waals surface area (Å²) in [5, 5.41) is 3.41. The fourth-order valence-electron chi connectivity index (χ4n) is 2.04. The summed E-state index contributed by atoms with van der Waals surface area (Å²) in [5.41, 5.74) is 0. The van der Waals surface area contributed by atoms with Gasteiger partial charge in [-0.1, -0.05) is 0 Å². The van der Waals surface area contributed by atoms with Crippen LogP contribution in [-0.2, 0) is 0 Å². The maximum absolute atomic E-state index is 5.85. The zero-order valence-electron chi connectivity index (χ0n) is 8.69. The van der Waals surface area contributed by atoms with E-state index in [1.807, 2.05) is 0 Å². The average Bonchev–Trinajstić information content (AvgIpc) is 2.31. The van der Waals surface area contributed by atoms with Crippen LogP contribution in [0.4, 0.5) is 5.82 Å². The molecule has 3 nitrogen and oxygen atoms in total. The molecule has 0 spiro atoms. The minimum Gasteiger partial charge on any atom is -0.366 e. The summed E-state index contributed by atoms with van der Waals surface area (Å²) in [4.78, 5) is 8.25. The lowest BCUT2D eigenvalue weighted by molar-refractivity contribution is 0.364. The van der Waals surface area contributed by atoms with Gasteiger partial charge in [-0.15, -0.1) is 11.6 Å². The molecule has 0 radical (unpaired) electrons. The normalized spacial score (nSPS) is 26.2. The first-order chi connectivity index (χ1) is 7.38. The second kappa shape index (κ2) is 5.31. The van der Waals surface area contributed by atoms with Crippen LogP contribution in [0.5, 0.6) is 0 Å². The summed E-state index contributed by atoms with van der Waals surface area (Å²) in [6.07, 6.45) is 10.0. The summed E-state index contributed by atoms with van der Waals surface area (Å²) >= 11 is 5.85. The molecule has 1 fully saturated rings. The molecule has 1 aromatic heterocycles. The van der Waals surface area contributed by atoms with E-state index < -0.39 is 0 Å². The van der Waals surface area contributed by atoms with E-state index in [0.29, 0.717) is 12.0 Å². The number of nitrogens with zero attached hydrogens (tertiary/aromatic N) is 2. The largest absolute Gasteiger partial charge is 0.366 e. The van der Waals surface area contributed by atoms with Gasteiger partial charge in [0.05, 0.1) is 6.20 Å². The zero-order valence-corrected chi connectivity index (χ0v) is 9.45. The number of alkyl halides is 1. The van der Waals surface area contributed by atoms with Crippen LogP contribution >= 0.6 is 11.6 Å². The van der Waals surface area contributed by atoms with Crippen LogP contribution < -0.4 is 5.32 Å². The molecule has 1 N–H and O–H groups in total. The van der Waals surface area contributed by atoms with Crippen molar-refractivity contribution in [3.05, 3.63) is 18.6 Å². The molecule has 1 aliphatic carbocycles. The molecule has 0 aliphatic heterocycles. The fourth-order valence-corrected chi connectivity index (χ4v) is 2.35. The van der Waals surface area contributed by atoms with Gasteiger partial charge >= 0.3 is 0 Å².